The second-order valence-electron chi connectivity index (χ2n) is 5.71. The summed E-state index contributed by atoms with van der Waals surface area (Å²) in [6.45, 7) is 9.71. The number of hydrogen-bond donors (Lipinski definition) is 1. The number of benzene rings is 1. The van der Waals surface area contributed by atoms with E-state index in [1.54, 1.807) is 11.8 Å². The molecule has 4 heteroatoms. The molecule has 1 aromatic carbocycles. The fraction of sp³-hybridized carbons (Fsp3) is 0.333. The molecule has 0 aliphatic carbocycles. The summed E-state index contributed by atoms with van der Waals surface area (Å²) in [5, 5.41) is 2.95. The van der Waals surface area contributed by atoms with E-state index in [9.17, 15) is 9.59 Å². The van der Waals surface area contributed by atoms with Crippen LogP contribution in [0.2, 0.25) is 0 Å². The highest BCUT2D eigenvalue weighted by Crippen LogP contribution is 2.31. The van der Waals surface area contributed by atoms with Crippen molar-refractivity contribution in [1.82, 2.24) is 10.2 Å². The maximum Gasteiger partial charge on any atom is 0.322 e. The Kier molecular flexibility index (Phi) is 4.81. The summed E-state index contributed by atoms with van der Waals surface area (Å²) in [5.74, 6) is -0.0216. The fourth-order valence-corrected chi connectivity index (χ4v) is 2.71. The third-order valence-electron chi connectivity index (χ3n) is 3.87. The molecular weight excluding hydrogens is 276 g/mol. The summed E-state index contributed by atoms with van der Waals surface area (Å²) < 4.78 is 0. The average molecular weight is 298 g/mol. The molecule has 0 saturated heterocycles. The molecule has 4 nitrogen and oxygen atoms in total. The molecule has 1 aliphatic rings. The third-order valence-corrected chi connectivity index (χ3v) is 3.87. The molecule has 1 atom stereocenters. The van der Waals surface area contributed by atoms with E-state index in [0.717, 1.165) is 16.8 Å². The molecule has 116 valence electrons. The first-order valence-electron chi connectivity index (χ1n) is 7.41. The summed E-state index contributed by atoms with van der Waals surface area (Å²) in [7, 11) is 0. The highest BCUT2D eigenvalue weighted by molar-refractivity contribution is 5.98. The van der Waals surface area contributed by atoms with Gasteiger partial charge in [0.1, 0.15) is 0 Å². The van der Waals surface area contributed by atoms with Crippen LogP contribution in [0.1, 0.15) is 38.8 Å². The minimum atomic E-state index is -0.382. The molecule has 1 unspecified atom stereocenters. The monoisotopic (exact) mass is 298 g/mol. The lowest BCUT2D eigenvalue weighted by Gasteiger charge is -2.35. The van der Waals surface area contributed by atoms with Crippen molar-refractivity contribution in [2.75, 3.05) is 6.54 Å². The Hall–Kier alpha value is -2.36. The molecule has 0 saturated carbocycles. The van der Waals surface area contributed by atoms with Crippen LogP contribution in [-0.4, -0.2) is 23.3 Å². The first kappa shape index (κ1) is 16.0. The summed E-state index contributed by atoms with van der Waals surface area (Å²) >= 11 is 0. The van der Waals surface area contributed by atoms with Gasteiger partial charge in [-0.1, -0.05) is 35.9 Å². The molecule has 0 radical (unpaired) electrons. The molecule has 0 aromatic heterocycles. The lowest BCUT2D eigenvalue weighted by Crippen LogP contribution is -2.47. The second-order valence-corrected chi connectivity index (χ2v) is 5.71. The van der Waals surface area contributed by atoms with Gasteiger partial charge in [-0.2, -0.15) is 0 Å². The van der Waals surface area contributed by atoms with Crippen molar-refractivity contribution in [3.8, 4) is 0 Å². The van der Waals surface area contributed by atoms with Crippen molar-refractivity contribution in [1.29, 1.82) is 0 Å². The zero-order chi connectivity index (χ0) is 16.3. The smallest absolute Gasteiger partial charge is 0.322 e. The molecule has 1 heterocycles. The molecule has 2 rings (SSSR count). The number of nitrogens with zero attached hydrogens (tertiary/aromatic N) is 1. The average Bonchev–Trinajstić information content (AvgIpc) is 2.46. The van der Waals surface area contributed by atoms with Gasteiger partial charge in [-0.25, -0.2) is 4.79 Å². The maximum absolute atomic E-state index is 12.4. The SMILES string of the molecule is C=C(C)CCN1C(=O)NC(c2ccccc2)C(C(C)=O)=C1C. The highest BCUT2D eigenvalue weighted by Gasteiger charge is 2.33. The van der Waals surface area contributed by atoms with E-state index in [1.807, 2.05) is 44.2 Å². The van der Waals surface area contributed by atoms with Crippen LogP contribution in [0, 0.1) is 0 Å². The van der Waals surface area contributed by atoms with Crippen LogP contribution in [0.15, 0.2) is 53.8 Å². The Labute approximate surface area is 131 Å². The number of carbonyl (C=O) groups excluding carboxylic acids is 2. The van der Waals surface area contributed by atoms with Gasteiger partial charge in [0.15, 0.2) is 5.78 Å². The standard InChI is InChI=1S/C18H22N2O2/c1-12(2)10-11-20-13(3)16(14(4)21)17(19-18(20)22)15-8-6-5-7-9-15/h5-9,17H,1,10-11H2,2-4H3,(H,19,22). The van der Waals surface area contributed by atoms with Crippen LogP contribution in [0.5, 0.6) is 0 Å². The second kappa shape index (κ2) is 6.60. The first-order valence-corrected chi connectivity index (χ1v) is 7.41. The minimum Gasteiger partial charge on any atom is -0.327 e. The van der Waals surface area contributed by atoms with E-state index in [-0.39, 0.29) is 17.9 Å². The van der Waals surface area contributed by atoms with Crippen LogP contribution in [0.25, 0.3) is 0 Å². The number of carbonyl (C=O) groups is 2. The van der Waals surface area contributed by atoms with Gasteiger partial charge in [0.05, 0.1) is 6.04 Å². The number of ketones is 1. The number of urea groups is 1. The highest BCUT2D eigenvalue weighted by atomic mass is 16.2. The van der Waals surface area contributed by atoms with Crippen molar-refractivity contribution in [3.63, 3.8) is 0 Å². The number of rotatable bonds is 5. The Morgan fingerprint density at radius 3 is 2.45 bits per heavy atom. The Balaban J connectivity index is 2.41. The van der Waals surface area contributed by atoms with Crippen LogP contribution in [0.4, 0.5) is 4.79 Å². The molecule has 0 bridgehead atoms. The molecular formula is C18H22N2O2. The lowest BCUT2D eigenvalue weighted by atomic mass is 9.92. The Morgan fingerprint density at radius 1 is 1.27 bits per heavy atom. The molecule has 1 N–H and O–H groups in total. The molecule has 2 amide bonds. The predicted octanol–water partition coefficient (Wildman–Crippen LogP) is 3.58. The largest absolute Gasteiger partial charge is 0.327 e. The lowest BCUT2D eigenvalue weighted by molar-refractivity contribution is -0.114. The van der Waals surface area contributed by atoms with Gasteiger partial charge in [-0.05, 0) is 32.8 Å². The number of hydrogen-bond acceptors (Lipinski definition) is 2. The van der Waals surface area contributed by atoms with Crippen molar-refractivity contribution in [3.05, 3.63) is 59.3 Å². The van der Waals surface area contributed by atoms with Crippen molar-refractivity contribution < 1.29 is 9.59 Å². The topological polar surface area (TPSA) is 49.4 Å². The number of Topliss-reactive ketones (excluding diaryl/α,β-unsaturated/α-hetero) is 1. The van der Waals surface area contributed by atoms with Gasteiger partial charge in [-0.15, -0.1) is 6.58 Å². The first-order chi connectivity index (χ1) is 10.4. The van der Waals surface area contributed by atoms with E-state index < -0.39 is 0 Å². The molecule has 0 spiro atoms. The zero-order valence-corrected chi connectivity index (χ0v) is 13.3. The van der Waals surface area contributed by atoms with E-state index in [4.69, 9.17) is 0 Å². The summed E-state index contributed by atoms with van der Waals surface area (Å²) in [4.78, 5) is 26.2. The van der Waals surface area contributed by atoms with Crippen molar-refractivity contribution >= 4 is 11.8 Å². The molecule has 1 aliphatic heterocycles. The van der Waals surface area contributed by atoms with Crippen LogP contribution in [0.3, 0.4) is 0 Å². The van der Waals surface area contributed by atoms with E-state index >= 15 is 0 Å². The number of amides is 2. The Morgan fingerprint density at radius 2 is 1.91 bits per heavy atom. The van der Waals surface area contributed by atoms with Gasteiger partial charge >= 0.3 is 6.03 Å². The van der Waals surface area contributed by atoms with Crippen LogP contribution < -0.4 is 5.32 Å². The van der Waals surface area contributed by atoms with Gasteiger partial charge < -0.3 is 5.32 Å². The number of nitrogens with one attached hydrogen (secondary N) is 1. The summed E-state index contributed by atoms with van der Waals surface area (Å²) in [5.41, 5.74) is 3.30. The van der Waals surface area contributed by atoms with E-state index in [0.29, 0.717) is 18.5 Å². The van der Waals surface area contributed by atoms with Gasteiger partial charge in [0.25, 0.3) is 0 Å². The Bertz CT molecular complexity index is 632. The van der Waals surface area contributed by atoms with Crippen LogP contribution >= 0.6 is 0 Å². The normalized spacial score (nSPS) is 18.2. The predicted molar refractivity (Wildman–Crippen MR) is 87.2 cm³/mol. The van der Waals surface area contributed by atoms with Gasteiger partial charge in [0.2, 0.25) is 0 Å². The van der Waals surface area contributed by atoms with Gasteiger partial charge in [0, 0.05) is 17.8 Å². The van der Waals surface area contributed by atoms with Crippen LogP contribution in [-0.2, 0) is 4.79 Å². The summed E-state index contributed by atoms with van der Waals surface area (Å²) in [6.07, 6.45) is 0.714. The van der Waals surface area contributed by atoms with E-state index in [2.05, 4.69) is 11.9 Å². The minimum absolute atomic E-state index is 0.0216. The van der Waals surface area contributed by atoms with Crippen molar-refractivity contribution in [2.45, 2.75) is 33.2 Å². The fourth-order valence-electron chi connectivity index (χ4n) is 2.71. The third kappa shape index (κ3) is 3.27. The zero-order valence-electron chi connectivity index (χ0n) is 13.3. The number of allylic oxidation sites excluding steroid dienone is 1. The molecule has 0 fully saturated rings. The van der Waals surface area contributed by atoms with Gasteiger partial charge in [-0.3, -0.25) is 9.69 Å². The molecule has 1 aromatic rings. The molecule has 22 heavy (non-hydrogen) atoms. The summed E-state index contributed by atoms with van der Waals surface area (Å²) in [6, 6.07) is 9.02. The van der Waals surface area contributed by atoms with Crippen molar-refractivity contribution in [2.24, 2.45) is 0 Å². The quantitative estimate of drug-likeness (QED) is 0.845. The van der Waals surface area contributed by atoms with E-state index in [1.165, 1.54) is 0 Å². The maximum atomic E-state index is 12.4.